The van der Waals surface area contributed by atoms with Gasteiger partial charge in [-0.05, 0) is 41.5 Å². The van der Waals surface area contributed by atoms with E-state index in [0.29, 0.717) is 11.0 Å². The quantitative estimate of drug-likeness (QED) is 0.632. The molecule has 0 bridgehead atoms. The molecule has 0 aliphatic carbocycles. The number of hydrogen-bond acceptors (Lipinski definition) is 4. The normalized spacial score (nSPS) is 10.7. The number of nitrogens with two attached hydrogens (primary N) is 1. The highest BCUT2D eigenvalue weighted by atomic mass is 32.1. The Bertz CT molecular complexity index is 918. The van der Waals surface area contributed by atoms with E-state index in [1.54, 1.807) is 19.3 Å². The summed E-state index contributed by atoms with van der Waals surface area (Å²) in [7, 11) is 1.67. The van der Waals surface area contributed by atoms with Crippen LogP contribution in [0.1, 0.15) is 10.5 Å². The second kappa shape index (κ2) is 5.65. The topological polar surface area (TPSA) is 106 Å². The molecule has 0 fully saturated rings. The van der Waals surface area contributed by atoms with Gasteiger partial charge in [-0.2, -0.15) is 5.10 Å². The van der Waals surface area contributed by atoms with Gasteiger partial charge in [0.1, 0.15) is 0 Å². The molecule has 8 heteroatoms. The standard InChI is InChI=1S/C15H13N5O2S/c1-20-13-11(12(19-20)14(21)22)10(6-7-17-13)8-2-4-9(5-3-8)18-15(16)23/h2-7H,1H3,(H,21,22)(H3,16,18,23). The maximum Gasteiger partial charge on any atom is 0.357 e. The zero-order valence-electron chi connectivity index (χ0n) is 12.1. The molecule has 4 N–H and O–H groups in total. The monoisotopic (exact) mass is 327 g/mol. The van der Waals surface area contributed by atoms with Crippen molar-refractivity contribution in [2.24, 2.45) is 12.8 Å². The summed E-state index contributed by atoms with van der Waals surface area (Å²) in [4.78, 5) is 15.7. The van der Waals surface area contributed by atoms with Gasteiger partial charge in [0.25, 0.3) is 0 Å². The van der Waals surface area contributed by atoms with Gasteiger partial charge in [0.2, 0.25) is 0 Å². The molecule has 3 aromatic rings. The van der Waals surface area contributed by atoms with Gasteiger partial charge in [0.15, 0.2) is 16.5 Å². The number of rotatable bonds is 3. The van der Waals surface area contributed by atoms with E-state index < -0.39 is 5.97 Å². The van der Waals surface area contributed by atoms with E-state index in [1.807, 2.05) is 24.3 Å². The number of thiocarbonyl (C=S) groups is 1. The number of fused-ring (bicyclic) bond motifs is 1. The lowest BCUT2D eigenvalue weighted by Crippen LogP contribution is -2.18. The summed E-state index contributed by atoms with van der Waals surface area (Å²) >= 11 is 4.80. The van der Waals surface area contributed by atoms with Crippen LogP contribution >= 0.6 is 12.2 Å². The molecule has 2 heterocycles. The van der Waals surface area contributed by atoms with E-state index in [-0.39, 0.29) is 10.8 Å². The van der Waals surface area contributed by atoms with Crippen LogP contribution in [-0.2, 0) is 7.05 Å². The SMILES string of the molecule is Cn1nc(C(=O)O)c2c(-c3ccc(NC(N)=S)cc3)ccnc21. The fourth-order valence-corrected chi connectivity index (χ4v) is 2.56. The van der Waals surface area contributed by atoms with Crippen LogP contribution in [0.5, 0.6) is 0 Å². The van der Waals surface area contributed by atoms with Crippen molar-refractivity contribution in [3.8, 4) is 11.1 Å². The van der Waals surface area contributed by atoms with Crippen LogP contribution in [0.15, 0.2) is 36.5 Å². The predicted octanol–water partition coefficient (Wildman–Crippen LogP) is 1.99. The van der Waals surface area contributed by atoms with Gasteiger partial charge in [-0.25, -0.2) is 14.5 Å². The van der Waals surface area contributed by atoms with E-state index in [9.17, 15) is 9.90 Å². The van der Waals surface area contributed by atoms with Crippen molar-refractivity contribution in [2.75, 3.05) is 5.32 Å². The lowest BCUT2D eigenvalue weighted by atomic mass is 10.0. The lowest BCUT2D eigenvalue weighted by molar-refractivity contribution is 0.0691. The fraction of sp³-hybridized carbons (Fsp3) is 0.0667. The summed E-state index contributed by atoms with van der Waals surface area (Å²) in [6.45, 7) is 0. The van der Waals surface area contributed by atoms with E-state index in [1.165, 1.54) is 4.68 Å². The first kappa shape index (κ1) is 14.9. The Labute approximate surface area is 136 Å². The van der Waals surface area contributed by atoms with Crippen LogP contribution in [0.25, 0.3) is 22.2 Å². The number of carbonyl (C=O) groups is 1. The molecule has 0 saturated carbocycles. The van der Waals surface area contributed by atoms with Gasteiger partial charge < -0.3 is 16.2 Å². The molecule has 7 nitrogen and oxygen atoms in total. The Morgan fingerprint density at radius 1 is 1.30 bits per heavy atom. The molecule has 2 aromatic heterocycles. The number of aromatic nitrogens is 3. The molecule has 116 valence electrons. The molecule has 1 aromatic carbocycles. The van der Waals surface area contributed by atoms with Crippen molar-refractivity contribution in [2.45, 2.75) is 0 Å². The van der Waals surface area contributed by atoms with Crippen molar-refractivity contribution in [3.05, 3.63) is 42.2 Å². The molecule has 0 radical (unpaired) electrons. The van der Waals surface area contributed by atoms with Crippen LogP contribution < -0.4 is 11.1 Å². The minimum absolute atomic E-state index is 0.0177. The minimum atomic E-state index is -1.09. The molecule has 0 atom stereocenters. The van der Waals surface area contributed by atoms with Gasteiger partial charge in [0.05, 0.1) is 5.39 Å². The first-order valence-electron chi connectivity index (χ1n) is 6.69. The van der Waals surface area contributed by atoms with E-state index in [0.717, 1.165) is 16.8 Å². The van der Waals surface area contributed by atoms with Crippen LogP contribution in [0.3, 0.4) is 0 Å². The van der Waals surface area contributed by atoms with Gasteiger partial charge in [-0.15, -0.1) is 0 Å². The van der Waals surface area contributed by atoms with Crippen LogP contribution in [-0.4, -0.2) is 31.0 Å². The third kappa shape index (κ3) is 2.71. The van der Waals surface area contributed by atoms with E-state index in [2.05, 4.69) is 15.4 Å². The second-order valence-electron chi connectivity index (χ2n) is 4.90. The maximum atomic E-state index is 11.4. The number of hydrogen-bond donors (Lipinski definition) is 3. The van der Waals surface area contributed by atoms with Crippen molar-refractivity contribution < 1.29 is 9.90 Å². The predicted molar refractivity (Wildman–Crippen MR) is 91.3 cm³/mol. The Balaban J connectivity index is 2.16. The van der Waals surface area contributed by atoms with Crippen LogP contribution in [0, 0.1) is 0 Å². The summed E-state index contributed by atoms with van der Waals surface area (Å²) in [6.07, 6.45) is 1.63. The molecule has 0 amide bonds. The van der Waals surface area contributed by atoms with Crippen molar-refractivity contribution in [3.63, 3.8) is 0 Å². The zero-order valence-corrected chi connectivity index (χ0v) is 13.0. The third-order valence-corrected chi connectivity index (χ3v) is 3.49. The summed E-state index contributed by atoms with van der Waals surface area (Å²) in [5.74, 6) is -1.09. The number of carboxylic acids is 1. The molecular weight excluding hydrogens is 314 g/mol. The van der Waals surface area contributed by atoms with Crippen molar-refractivity contribution in [1.29, 1.82) is 0 Å². The van der Waals surface area contributed by atoms with Crippen LogP contribution in [0.4, 0.5) is 5.69 Å². The highest BCUT2D eigenvalue weighted by Gasteiger charge is 2.19. The summed E-state index contributed by atoms with van der Waals surface area (Å²) in [6, 6.07) is 9.11. The molecule has 0 aliphatic rings. The molecule has 3 rings (SSSR count). The Hall–Kier alpha value is -3.00. The lowest BCUT2D eigenvalue weighted by Gasteiger charge is -2.07. The zero-order chi connectivity index (χ0) is 16.6. The van der Waals surface area contributed by atoms with Crippen LogP contribution in [0.2, 0.25) is 0 Å². The average molecular weight is 327 g/mol. The number of aromatic carboxylic acids is 1. The number of nitrogens with one attached hydrogen (secondary N) is 1. The Kier molecular flexibility index (Phi) is 3.67. The Morgan fingerprint density at radius 3 is 2.61 bits per heavy atom. The van der Waals surface area contributed by atoms with E-state index >= 15 is 0 Å². The molecular formula is C15H13N5O2S. The molecule has 0 aliphatic heterocycles. The number of aryl methyl sites for hydroxylation is 1. The average Bonchev–Trinajstić information content (AvgIpc) is 2.85. The number of carboxylic acid groups (broad SMARTS) is 1. The fourth-order valence-electron chi connectivity index (χ4n) is 2.44. The molecule has 23 heavy (non-hydrogen) atoms. The van der Waals surface area contributed by atoms with Gasteiger partial charge in [-0.3, -0.25) is 0 Å². The van der Waals surface area contributed by atoms with Gasteiger partial charge in [-0.1, -0.05) is 12.1 Å². The van der Waals surface area contributed by atoms with Crippen molar-refractivity contribution >= 4 is 40.0 Å². The molecule has 0 spiro atoms. The Morgan fingerprint density at radius 2 is 2.00 bits per heavy atom. The smallest absolute Gasteiger partial charge is 0.357 e. The maximum absolute atomic E-state index is 11.4. The van der Waals surface area contributed by atoms with E-state index in [4.69, 9.17) is 18.0 Å². The number of pyridine rings is 1. The summed E-state index contributed by atoms with van der Waals surface area (Å²) in [5.41, 5.74) is 8.30. The van der Waals surface area contributed by atoms with Gasteiger partial charge >= 0.3 is 5.97 Å². The largest absolute Gasteiger partial charge is 0.476 e. The number of nitrogens with zero attached hydrogens (tertiary/aromatic N) is 3. The molecule has 0 unspecified atom stereocenters. The summed E-state index contributed by atoms with van der Waals surface area (Å²) in [5, 5.41) is 16.9. The highest BCUT2D eigenvalue weighted by molar-refractivity contribution is 7.80. The number of benzene rings is 1. The summed E-state index contributed by atoms with van der Waals surface area (Å²) < 4.78 is 1.46. The number of anilines is 1. The van der Waals surface area contributed by atoms with Crippen molar-refractivity contribution in [1.82, 2.24) is 14.8 Å². The van der Waals surface area contributed by atoms with Gasteiger partial charge in [0, 0.05) is 18.9 Å². The third-order valence-electron chi connectivity index (χ3n) is 3.39. The minimum Gasteiger partial charge on any atom is -0.476 e. The first-order chi connectivity index (χ1) is 11.0. The highest BCUT2D eigenvalue weighted by Crippen LogP contribution is 2.30. The second-order valence-corrected chi connectivity index (χ2v) is 5.34. The molecule has 0 saturated heterocycles. The first-order valence-corrected chi connectivity index (χ1v) is 7.10.